The van der Waals surface area contributed by atoms with Gasteiger partial charge in [-0.25, -0.2) is 0 Å². The summed E-state index contributed by atoms with van der Waals surface area (Å²) in [5.74, 6) is 0.614. The van der Waals surface area contributed by atoms with Crippen LogP contribution in [-0.4, -0.2) is 32.8 Å². The first-order valence-electron chi connectivity index (χ1n) is 8.15. The van der Waals surface area contributed by atoms with Crippen molar-refractivity contribution in [1.82, 2.24) is 10.6 Å². The number of hydrogen-bond donors (Lipinski definition) is 2. The molecular weight excluding hydrogens is 319 g/mol. The zero-order chi connectivity index (χ0) is 17.8. The van der Waals surface area contributed by atoms with Crippen molar-refractivity contribution in [3.05, 3.63) is 35.4 Å². The third-order valence-electron chi connectivity index (χ3n) is 3.36. The summed E-state index contributed by atoms with van der Waals surface area (Å²) in [5.41, 5.74) is 0.116. The van der Waals surface area contributed by atoms with Crippen LogP contribution in [0.5, 0.6) is 0 Å². The highest BCUT2D eigenvalue weighted by atomic mass is 19.4. The molecule has 0 atom stereocenters. The van der Waals surface area contributed by atoms with E-state index in [4.69, 9.17) is 4.74 Å². The first-order valence-corrected chi connectivity index (χ1v) is 8.15. The molecule has 0 aromatic heterocycles. The van der Waals surface area contributed by atoms with Gasteiger partial charge in [-0.05, 0) is 30.5 Å². The summed E-state index contributed by atoms with van der Waals surface area (Å²) in [6.45, 7) is 4.74. The molecule has 2 N–H and O–H groups in total. The van der Waals surface area contributed by atoms with Crippen LogP contribution in [0.25, 0.3) is 0 Å². The van der Waals surface area contributed by atoms with Gasteiger partial charge in [-0.3, -0.25) is 4.99 Å². The standard InChI is InChI=1S/C17H26F3N3O/c1-3-4-11-24-12-5-10-22-16(21-2)23-13-14-6-8-15(9-7-14)17(18,19)20/h6-9H,3-5,10-13H2,1-2H3,(H2,21,22,23). The Hall–Kier alpha value is -1.76. The van der Waals surface area contributed by atoms with Gasteiger partial charge in [0.2, 0.25) is 0 Å². The molecule has 0 radical (unpaired) electrons. The summed E-state index contributed by atoms with van der Waals surface area (Å²) >= 11 is 0. The molecule has 1 aromatic carbocycles. The van der Waals surface area contributed by atoms with Crippen LogP contribution >= 0.6 is 0 Å². The van der Waals surface area contributed by atoms with E-state index in [1.165, 1.54) is 12.1 Å². The summed E-state index contributed by atoms with van der Waals surface area (Å²) in [6, 6.07) is 5.09. The number of nitrogens with one attached hydrogen (secondary N) is 2. The molecule has 0 saturated heterocycles. The van der Waals surface area contributed by atoms with Crippen LogP contribution in [-0.2, 0) is 17.5 Å². The predicted molar refractivity (Wildman–Crippen MR) is 90.0 cm³/mol. The molecule has 0 heterocycles. The van der Waals surface area contributed by atoms with E-state index in [1.54, 1.807) is 7.05 Å². The van der Waals surface area contributed by atoms with Gasteiger partial charge in [0.25, 0.3) is 0 Å². The third kappa shape index (κ3) is 8.19. The molecule has 1 rings (SSSR count). The monoisotopic (exact) mass is 345 g/mol. The number of rotatable bonds is 9. The zero-order valence-electron chi connectivity index (χ0n) is 14.2. The number of halogens is 3. The maximum atomic E-state index is 12.5. The number of nitrogens with zero attached hydrogens (tertiary/aromatic N) is 1. The molecular formula is C17H26F3N3O. The molecule has 0 aliphatic carbocycles. The first-order chi connectivity index (χ1) is 11.5. The van der Waals surface area contributed by atoms with Gasteiger partial charge in [0.15, 0.2) is 5.96 Å². The van der Waals surface area contributed by atoms with Crippen LogP contribution in [0, 0.1) is 0 Å². The Bertz CT molecular complexity index is 487. The Balaban J connectivity index is 2.26. The van der Waals surface area contributed by atoms with Gasteiger partial charge in [-0.15, -0.1) is 0 Å². The van der Waals surface area contributed by atoms with E-state index >= 15 is 0 Å². The van der Waals surface area contributed by atoms with E-state index in [9.17, 15) is 13.2 Å². The average molecular weight is 345 g/mol. The second-order valence-corrected chi connectivity index (χ2v) is 5.37. The van der Waals surface area contributed by atoms with Gasteiger partial charge in [-0.1, -0.05) is 25.5 Å². The number of aliphatic imine (C=N–C) groups is 1. The molecule has 24 heavy (non-hydrogen) atoms. The number of unbranched alkanes of at least 4 members (excludes halogenated alkanes) is 1. The van der Waals surface area contributed by atoms with E-state index in [0.717, 1.165) is 50.1 Å². The van der Waals surface area contributed by atoms with Crippen molar-refractivity contribution in [2.45, 2.75) is 38.9 Å². The lowest BCUT2D eigenvalue weighted by molar-refractivity contribution is -0.137. The molecule has 4 nitrogen and oxygen atoms in total. The highest BCUT2D eigenvalue weighted by Crippen LogP contribution is 2.28. The van der Waals surface area contributed by atoms with Crippen molar-refractivity contribution in [1.29, 1.82) is 0 Å². The second kappa shape index (κ2) is 10.9. The van der Waals surface area contributed by atoms with Crippen LogP contribution in [0.3, 0.4) is 0 Å². The summed E-state index contributed by atoms with van der Waals surface area (Å²) in [4.78, 5) is 4.08. The molecule has 0 unspecified atom stereocenters. The van der Waals surface area contributed by atoms with Crippen LogP contribution in [0.2, 0.25) is 0 Å². The number of hydrogen-bond acceptors (Lipinski definition) is 2. The molecule has 0 amide bonds. The maximum absolute atomic E-state index is 12.5. The third-order valence-corrected chi connectivity index (χ3v) is 3.36. The average Bonchev–Trinajstić information content (AvgIpc) is 2.56. The quantitative estimate of drug-likeness (QED) is 0.408. The van der Waals surface area contributed by atoms with Crippen LogP contribution < -0.4 is 10.6 Å². The minimum atomic E-state index is -4.30. The maximum Gasteiger partial charge on any atom is 0.416 e. The Morgan fingerprint density at radius 3 is 2.33 bits per heavy atom. The highest BCUT2D eigenvalue weighted by Gasteiger charge is 2.29. The molecule has 0 bridgehead atoms. The fourth-order valence-corrected chi connectivity index (χ4v) is 1.95. The Morgan fingerprint density at radius 2 is 1.75 bits per heavy atom. The van der Waals surface area contributed by atoms with Crippen molar-refractivity contribution in [3.8, 4) is 0 Å². The van der Waals surface area contributed by atoms with Crippen molar-refractivity contribution in [2.24, 2.45) is 4.99 Å². The topological polar surface area (TPSA) is 45.6 Å². The summed E-state index contributed by atoms with van der Waals surface area (Å²) in [7, 11) is 1.65. The molecule has 136 valence electrons. The summed E-state index contributed by atoms with van der Waals surface area (Å²) in [6.07, 6.45) is -1.24. The van der Waals surface area contributed by atoms with Crippen LogP contribution in [0.15, 0.2) is 29.3 Å². The second-order valence-electron chi connectivity index (χ2n) is 5.37. The fraction of sp³-hybridized carbons (Fsp3) is 0.588. The number of ether oxygens (including phenoxy) is 1. The lowest BCUT2D eigenvalue weighted by Gasteiger charge is -2.13. The lowest BCUT2D eigenvalue weighted by atomic mass is 10.1. The Kier molecular flexibility index (Phi) is 9.22. The van der Waals surface area contributed by atoms with Crippen molar-refractivity contribution < 1.29 is 17.9 Å². The smallest absolute Gasteiger partial charge is 0.381 e. The molecule has 0 saturated carbocycles. The van der Waals surface area contributed by atoms with Gasteiger partial charge < -0.3 is 15.4 Å². The Morgan fingerprint density at radius 1 is 1.08 bits per heavy atom. The van der Waals surface area contributed by atoms with E-state index < -0.39 is 11.7 Å². The molecule has 0 spiro atoms. The number of benzene rings is 1. The summed E-state index contributed by atoms with van der Waals surface area (Å²) < 4.78 is 43.0. The SMILES string of the molecule is CCCCOCCCNC(=NC)NCc1ccc(C(F)(F)F)cc1. The van der Waals surface area contributed by atoms with Crippen molar-refractivity contribution in [2.75, 3.05) is 26.8 Å². The highest BCUT2D eigenvalue weighted by molar-refractivity contribution is 5.79. The van der Waals surface area contributed by atoms with Crippen molar-refractivity contribution >= 4 is 5.96 Å². The molecule has 0 aliphatic rings. The molecule has 1 aromatic rings. The minimum absolute atomic E-state index is 0.408. The molecule has 0 aliphatic heterocycles. The van der Waals surface area contributed by atoms with E-state index in [2.05, 4.69) is 22.5 Å². The zero-order valence-corrected chi connectivity index (χ0v) is 14.2. The molecule has 0 fully saturated rings. The van der Waals surface area contributed by atoms with Gasteiger partial charge in [-0.2, -0.15) is 13.2 Å². The fourth-order valence-electron chi connectivity index (χ4n) is 1.95. The Labute approximate surface area is 141 Å². The van der Waals surface area contributed by atoms with E-state index in [0.29, 0.717) is 19.1 Å². The van der Waals surface area contributed by atoms with Gasteiger partial charge in [0, 0.05) is 33.4 Å². The molecule has 7 heteroatoms. The van der Waals surface area contributed by atoms with Gasteiger partial charge in [0.05, 0.1) is 5.56 Å². The predicted octanol–water partition coefficient (Wildman–Crippen LogP) is 3.58. The van der Waals surface area contributed by atoms with E-state index in [-0.39, 0.29) is 0 Å². The van der Waals surface area contributed by atoms with Crippen molar-refractivity contribution in [3.63, 3.8) is 0 Å². The first kappa shape index (κ1) is 20.3. The normalized spacial score (nSPS) is 12.3. The van der Waals surface area contributed by atoms with E-state index in [1.807, 2.05) is 0 Å². The summed E-state index contributed by atoms with van der Waals surface area (Å²) in [5, 5.41) is 6.22. The van der Waals surface area contributed by atoms with Crippen LogP contribution in [0.4, 0.5) is 13.2 Å². The lowest BCUT2D eigenvalue weighted by Crippen LogP contribution is -2.37. The van der Waals surface area contributed by atoms with Gasteiger partial charge in [0.1, 0.15) is 0 Å². The largest absolute Gasteiger partial charge is 0.416 e. The number of alkyl halides is 3. The van der Waals surface area contributed by atoms with Gasteiger partial charge >= 0.3 is 6.18 Å². The minimum Gasteiger partial charge on any atom is -0.381 e. The van der Waals surface area contributed by atoms with Crippen LogP contribution in [0.1, 0.15) is 37.3 Å². The number of guanidine groups is 1.